The monoisotopic (exact) mass is 337 g/mol. The number of hydrogen-bond acceptors (Lipinski definition) is 4. The zero-order valence-electron chi connectivity index (χ0n) is 10.6. The predicted octanol–water partition coefficient (Wildman–Crippen LogP) is 1.58. The summed E-state index contributed by atoms with van der Waals surface area (Å²) in [6.45, 7) is 0.919. The highest BCUT2D eigenvalue weighted by molar-refractivity contribution is 9.10. The van der Waals surface area contributed by atoms with Gasteiger partial charge in [0, 0.05) is 17.0 Å². The van der Waals surface area contributed by atoms with Crippen LogP contribution in [0.4, 0.5) is 5.69 Å². The lowest BCUT2D eigenvalue weighted by molar-refractivity contribution is -0.123. The third-order valence-corrected chi connectivity index (χ3v) is 4.13. The van der Waals surface area contributed by atoms with E-state index in [0.717, 1.165) is 4.47 Å². The minimum atomic E-state index is -0.634. The number of benzene rings is 1. The quantitative estimate of drug-likeness (QED) is 0.785. The molecule has 0 N–H and O–H groups in total. The number of nitrogens with zero attached hydrogens (tertiary/aromatic N) is 1. The summed E-state index contributed by atoms with van der Waals surface area (Å²) in [5.74, 6) is -1.42. The van der Waals surface area contributed by atoms with Crippen LogP contribution in [0.15, 0.2) is 22.7 Å². The number of ketones is 2. The van der Waals surface area contributed by atoms with Gasteiger partial charge in [-0.15, -0.1) is 0 Å². The molecule has 1 saturated heterocycles. The van der Waals surface area contributed by atoms with Crippen molar-refractivity contribution in [1.82, 2.24) is 0 Å². The maximum atomic E-state index is 12.1. The minimum absolute atomic E-state index is 0.0561. The van der Waals surface area contributed by atoms with Crippen LogP contribution in [0.25, 0.3) is 0 Å². The molecule has 3 rings (SSSR count). The van der Waals surface area contributed by atoms with Crippen LogP contribution in [0.2, 0.25) is 0 Å². The van der Waals surface area contributed by atoms with Gasteiger partial charge in [0.2, 0.25) is 0 Å². The fraction of sp³-hybridized carbons (Fsp3) is 0.357. The number of anilines is 1. The summed E-state index contributed by atoms with van der Waals surface area (Å²) in [5, 5.41) is 0. The van der Waals surface area contributed by atoms with E-state index < -0.39 is 11.7 Å². The van der Waals surface area contributed by atoms with Crippen LogP contribution < -0.4 is 4.90 Å². The molecule has 1 amide bonds. The molecule has 2 aliphatic heterocycles. The number of rotatable bonds is 3. The zero-order chi connectivity index (χ0) is 14.3. The SMILES string of the molecule is O=C1C(=O)N(CC(=O)C2CCOC2)c2ccc(Br)cc21. The Morgan fingerprint density at radius 2 is 2.20 bits per heavy atom. The Hall–Kier alpha value is -1.53. The Bertz CT molecular complexity index is 607. The molecule has 0 aliphatic carbocycles. The maximum Gasteiger partial charge on any atom is 0.299 e. The molecule has 0 radical (unpaired) electrons. The van der Waals surface area contributed by atoms with E-state index in [-0.39, 0.29) is 18.2 Å². The molecule has 20 heavy (non-hydrogen) atoms. The van der Waals surface area contributed by atoms with E-state index in [9.17, 15) is 14.4 Å². The van der Waals surface area contributed by atoms with Gasteiger partial charge in [0.05, 0.1) is 24.4 Å². The molecule has 0 saturated carbocycles. The van der Waals surface area contributed by atoms with Gasteiger partial charge in [0.1, 0.15) is 0 Å². The van der Waals surface area contributed by atoms with Crippen LogP contribution in [0, 0.1) is 5.92 Å². The van der Waals surface area contributed by atoms with Crippen LogP contribution >= 0.6 is 15.9 Å². The normalized spacial score (nSPS) is 21.4. The molecule has 5 nitrogen and oxygen atoms in total. The summed E-state index contributed by atoms with van der Waals surface area (Å²) < 4.78 is 5.91. The molecule has 1 fully saturated rings. The third-order valence-electron chi connectivity index (χ3n) is 3.63. The molecular weight excluding hydrogens is 326 g/mol. The highest BCUT2D eigenvalue weighted by Crippen LogP contribution is 2.31. The first-order chi connectivity index (χ1) is 9.58. The number of ether oxygens (including phenoxy) is 1. The van der Waals surface area contributed by atoms with Gasteiger partial charge >= 0.3 is 0 Å². The summed E-state index contributed by atoms with van der Waals surface area (Å²) in [6.07, 6.45) is 0.683. The highest BCUT2D eigenvalue weighted by Gasteiger charge is 2.38. The van der Waals surface area contributed by atoms with E-state index in [1.165, 1.54) is 4.90 Å². The Balaban J connectivity index is 1.85. The summed E-state index contributed by atoms with van der Waals surface area (Å²) in [6, 6.07) is 5.04. The summed E-state index contributed by atoms with van der Waals surface area (Å²) in [5.41, 5.74) is 0.857. The first-order valence-electron chi connectivity index (χ1n) is 6.34. The molecule has 1 aromatic rings. The van der Waals surface area contributed by atoms with E-state index in [4.69, 9.17) is 4.74 Å². The van der Waals surface area contributed by atoms with Crippen molar-refractivity contribution < 1.29 is 19.1 Å². The summed E-state index contributed by atoms with van der Waals surface area (Å²) >= 11 is 3.27. The molecule has 1 unspecified atom stereocenters. The van der Waals surface area contributed by atoms with Crippen molar-refractivity contribution >= 4 is 39.1 Å². The van der Waals surface area contributed by atoms with Crippen molar-refractivity contribution in [2.75, 3.05) is 24.7 Å². The van der Waals surface area contributed by atoms with E-state index in [1.54, 1.807) is 18.2 Å². The maximum absolute atomic E-state index is 12.1. The Labute approximate surface area is 124 Å². The highest BCUT2D eigenvalue weighted by atomic mass is 79.9. The number of hydrogen-bond donors (Lipinski definition) is 0. The molecule has 104 valence electrons. The number of Topliss-reactive ketones (excluding diaryl/α,β-unsaturated/α-hetero) is 2. The number of halogens is 1. The second-order valence-corrected chi connectivity index (χ2v) is 5.82. The van der Waals surface area contributed by atoms with Gasteiger partial charge in [-0.1, -0.05) is 15.9 Å². The average Bonchev–Trinajstić information content (AvgIpc) is 3.03. The van der Waals surface area contributed by atoms with Crippen molar-refractivity contribution in [3.63, 3.8) is 0 Å². The molecule has 1 atom stereocenters. The first-order valence-corrected chi connectivity index (χ1v) is 7.13. The molecule has 1 aromatic carbocycles. The second kappa shape index (κ2) is 5.10. The Morgan fingerprint density at radius 1 is 1.40 bits per heavy atom. The predicted molar refractivity (Wildman–Crippen MR) is 74.8 cm³/mol. The smallest absolute Gasteiger partial charge is 0.299 e. The fourth-order valence-corrected chi connectivity index (χ4v) is 2.86. The topological polar surface area (TPSA) is 63.7 Å². The lowest BCUT2D eigenvalue weighted by atomic mass is 10.0. The standard InChI is InChI=1S/C14H12BrNO4/c15-9-1-2-11-10(5-9)13(18)14(19)16(11)6-12(17)8-3-4-20-7-8/h1-2,5,8H,3-4,6-7H2. The molecule has 2 aliphatic rings. The number of amides is 1. The van der Waals surface area contributed by atoms with Crippen molar-refractivity contribution in [1.29, 1.82) is 0 Å². The van der Waals surface area contributed by atoms with Gasteiger partial charge in [0.15, 0.2) is 5.78 Å². The fourth-order valence-electron chi connectivity index (χ4n) is 2.50. The molecular formula is C14H12BrNO4. The summed E-state index contributed by atoms with van der Waals surface area (Å²) in [7, 11) is 0. The second-order valence-electron chi connectivity index (χ2n) is 4.91. The van der Waals surface area contributed by atoms with Crippen LogP contribution in [-0.4, -0.2) is 37.2 Å². The van der Waals surface area contributed by atoms with E-state index in [2.05, 4.69) is 15.9 Å². The van der Waals surface area contributed by atoms with Gasteiger partial charge in [-0.3, -0.25) is 19.3 Å². The van der Waals surface area contributed by atoms with Gasteiger partial charge in [0.25, 0.3) is 11.7 Å². The zero-order valence-corrected chi connectivity index (χ0v) is 12.2. The van der Waals surface area contributed by atoms with Gasteiger partial charge in [-0.25, -0.2) is 0 Å². The van der Waals surface area contributed by atoms with Gasteiger partial charge in [-0.2, -0.15) is 0 Å². The van der Waals surface area contributed by atoms with Crippen LogP contribution in [-0.2, 0) is 14.3 Å². The largest absolute Gasteiger partial charge is 0.381 e. The van der Waals surface area contributed by atoms with Crippen LogP contribution in [0.5, 0.6) is 0 Å². The lowest BCUT2D eigenvalue weighted by Gasteiger charge is -2.17. The van der Waals surface area contributed by atoms with Gasteiger partial charge in [-0.05, 0) is 24.6 Å². The molecule has 0 bridgehead atoms. The third kappa shape index (κ3) is 2.19. The number of carbonyl (C=O) groups excluding carboxylic acids is 3. The molecule has 2 heterocycles. The number of carbonyl (C=O) groups is 3. The molecule has 6 heteroatoms. The minimum Gasteiger partial charge on any atom is -0.381 e. The Morgan fingerprint density at radius 3 is 2.90 bits per heavy atom. The molecule has 0 aromatic heterocycles. The van der Waals surface area contributed by atoms with E-state index in [0.29, 0.717) is 30.9 Å². The lowest BCUT2D eigenvalue weighted by Crippen LogP contribution is -2.37. The average molecular weight is 338 g/mol. The van der Waals surface area contributed by atoms with Crippen molar-refractivity contribution in [2.45, 2.75) is 6.42 Å². The van der Waals surface area contributed by atoms with Crippen LogP contribution in [0.1, 0.15) is 16.8 Å². The van der Waals surface area contributed by atoms with Crippen LogP contribution in [0.3, 0.4) is 0 Å². The summed E-state index contributed by atoms with van der Waals surface area (Å²) in [4.78, 5) is 37.3. The van der Waals surface area contributed by atoms with E-state index in [1.807, 2.05) is 0 Å². The van der Waals surface area contributed by atoms with E-state index >= 15 is 0 Å². The first kappa shape index (κ1) is 13.5. The Kier molecular flexibility index (Phi) is 3.43. The van der Waals surface area contributed by atoms with Gasteiger partial charge < -0.3 is 4.74 Å². The molecule has 0 spiro atoms. The van der Waals surface area contributed by atoms with Crippen molar-refractivity contribution in [3.05, 3.63) is 28.2 Å². The van der Waals surface area contributed by atoms with Crippen molar-refractivity contribution in [3.8, 4) is 0 Å². The number of fused-ring (bicyclic) bond motifs is 1. The van der Waals surface area contributed by atoms with Crippen molar-refractivity contribution in [2.24, 2.45) is 5.92 Å².